The Morgan fingerprint density at radius 2 is 2.31 bits per heavy atom. The topological polar surface area (TPSA) is 50.2 Å². The predicted molar refractivity (Wildman–Crippen MR) is 50.8 cm³/mol. The van der Waals surface area contributed by atoms with Crippen molar-refractivity contribution in [3.8, 4) is 0 Å². The highest BCUT2D eigenvalue weighted by atomic mass is 32.1. The van der Waals surface area contributed by atoms with Crippen molar-refractivity contribution >= 4 is 11.7 Å². The molecule has 3 nitrogen and oxygen atoms in total. The molecule has 0 aliphatic heterocycles. The minimum atomic E-state index is -1.45. The molecule has 69 valence electrons. The molecule has 1 aromatic rings. The Labute approximate surface area is 81.3 Å². The van der Waals surface area contributed by atoms with Gasteiger partial charge in [0.05, 0.1) is 11.5 Å². The molecule has 1 heterocycles. The highest BCUT2D eigenvalue weighted by Gasteiger charge is 2.48. The molecule has 1 radical (unpaired) electrons. The second-order valence-electron chi connectivity index (χ2n) is 2.97. The van der Waals surface area contributed by atoms with Crippen LogP contribution in [0.4, 0.5) is 0 Å². The van der Waals surface area contributed by atoms with Crippen molar-refractivity contribution in [1.29, 1.82) is 0 Å². The van der Waals surface area contributed by atoms with Crippen LogP contribution in [0.3, 0.4) is 0 Å². The molecule has 0 bridgehead atoms. The maximum absolute atomic E-state index is 10.8. The third-order valence-corrected chi connectivity index (χ3v) is 2.74. The van der Waals surface area contributed by atoms with E-state index in [1.54, 1.807) is 32.2 Å². The number of hydrogen-bond acceptors (Lipinski definition) is 3. The van der Waals surface area contributed by atoms with Crippen molar-refractivity contribution in [2.24, 2.45) is 0 Å². The molecule has 0 saturated heterocycles. The van der Waals surface area contributed by atoms with Gasteiger partial charge >= 0.3 is 16.6 Å². The minimum absolute atomic E-state index is 0.162. The average molecular weight is 197 g/mol. The van der Waals surface area contributed by atoms with Gasteiger partial charge in [-0.2, -0.15) is 0 Å². The van der Waals surface area contributed by atoms with Gasteiger partial charge in [0.15, 0.2) is 0 Å². The summed E-state index contributed by atoms with van der Waals surface area (Å²) in [6.45, 7) is 3.44. The molecule has 0 spiro atoms. The number of nitrogens with zero attached hydrogens (tertiary/aromatic N) is 1. The summed E-state index contributed by atoms with van der Waals surface area (Å²) in [7, 11) is 0. The van der Waals surface area contributed by atoms with Gasteiger partial charge in [0, 0.05) is 16.6 Å². The van der Waals surface area contributed by atoms with Crippen molar-refractivity contribution in [1.82, 2.24) is 4.98 Å². The molecule has 1 N–H and O–H groups in total. The van der Waals surface area contributed by atoms with Gasteiger partial charge in [-0.25, -0.2) is 0 Å². The van der Waals surface area contributed by atoms with Crippen LogP contribution >= 0.6 is 0 Å². The van der Waals surface area contributed by atoms with Crippen LogP contribution in [-0.4, -0.2) is 10.1 Å². The van der Waals surface area contributed by atoms with Gasteiger partial charge in [-0.15, -0.1) is 0 Å². The van der Waals surface area contributed by atoms with Gasteiger partial charge in [0.25, 0.3) is 0 Å². The third-order valence-electron chi connectivity index (χ3n) is 1.85. The second-order valence-corrected chi connectivity index (χ2v) is 3.73. The van der Waals surface area contributed by atoms with Crippen molar-refractivity contribution in [2.75, 3.05) is 0 Å². The van der Waals surface area contributed by atoms with Crippen LogP contribution in [0.25, 0.3) is 0 Å². The van der Waals surface area contributed by atoms with Gasteiger partial charge in [0.2, 0.25) is 0 Å². The largest absolute Gasteiger partial charge is 0.502 e. The van der Waals surface area contributed by atoms with E-state index in [0.29, 0.717) is 11.5 Å². The Morgan fingerprint density at radius 3 is 2.69 bits per heavy atom. The molecule has 13 heavy (non-hydrogen) atoms. The molecular weight excluding hydrogens is 186 g/mol. The summed E-state index contributed by atoms with van der Waals surface area (Å²) in [5, 5.41) is 9.94. The smallest absolute Gasteiger partial charge is 0.332 e. The van der Waals surface area contributed by atoms with Crippen LogP contribution < -0.4 is 0 Å². The lowest BCUT2D eigenvalue weighted by Gasteiger charge is -2.13. The lowest BCUT2D eigenvalue weighted by Crippen LogP contribution is -2.29. The first-order valence-electron chi connectivity index (χ1n) is 3.85. The van der Waals surface area contributed by atoms with Crippen molar-refractivity contribution in [3.63, 3.8) is 0 Å². The zero-order valence-corrected chi connectivity index (χ0v) is 8.34. The third kappa shape index (κ3) is 1.89. The van der Waals surface area contributed by atoms with Gasteiger partial charge in [0.1, 0.15) is 0 Å². The zero-order chi connectivity index (χ0) is 9.90. The average Bonchev–Trinajstić information content (AvgIpc) is 2.17. The molecular formula is C9H11NO2S+. The molecule has 0 aliphatic rings. The fraction of sp³-hybridized carbons (Fsp3) is 0.333. The van der Waals surface area contributed by atoms with Crippen LogP contribution in [0.2, 0.25) is 0 Å². The summed E-state index contributed by atoms with van der Waals surface area (Å²) >= 11 is 0.162. The molecule has 1 atom stereocenters. The van der Waals surface area contributed by atoms with Crippen LogP contribution in [-0.2, 0) is 20.8 Å². The zero-order valence-electron chi connectivity index (χ0n) is 7.52. The van der Waals surface area contributed by atoms with E-state index in [1.165, 1.54) is 6.20 Å². The molecule has 0 aliphatic carbocycles. The van der Waals surface area contributed by atoms with E-state index in [0.717, 1.165) is 0 Å². The fourth-order valence-electron chi connectivity index (χ4n) is 0.983. The summed E-state index contributed by atoms with van der Waals surface area (Å²) in [6, 6.07) is 3.38. The monoisotopic (exact) mass is 197 g/mol. The van der Waals surface area contributed by atoms with E-state index < -0.39 is 4.93 Å². The van der Waals surface area contributed by atoms with Crippen LogP contribution in [0, 0.1) is 5.92 Å². The first kappa shape index (κ1) is 10.2. The molecule has 4 heteroatoms. The van der Waals surface area contributed by atoms with E-state index in [9.17, 15) is 9.32 Å². The summed E-state index contributed by atoms with van der Waals surface area (Å²) < 4.78 is 10.8. The van der Waals surface area contributed by atoms with E-state index in [4.69, 9.17) is 0 Å². The van der Waals surface area contributed by atoms with E-state index in [-0.39, 0.29) is 11.7 Å². The highest BCUT2D eigenvalue weighted by Crippen LogP contribution is 2.29. The molecule has 0 fully saturated rings. The quantitative estimate of drug-likeness (QED) is 0.586. The summed E-state index contributed by atoms with van der Waals surface area (Å²) in [6.07, 6.45) is 3.10. The maximum Gasteiger partial charge on any atom is 0.502 e. The van der Waals surface area contributed by atoms with Gasteiger partial charge < -0.3 is 5.11 Å². The number of rotatable bonds is 3. The van der Waals surface area contributed by atoms with Crippen molar-refractivity contribution < 1.29 is 9.32 Å². The summed E-state index contributed by atoms with van der Waals surface area (Å²) in [5.74, 6) is 0.653. The Kier molecular flexibility index (Phi) is 3.06. The standard InChI is InChI=1S/C9H11NO2S/c1-7(2)9(11,13-12)8-4-3-5-10-6-8/h3-6,11H,1-2H3/q+1. The molecule has 1 unspecified atom stereocenters. The van der Waals surface area contributed by atoms with Gasteiger partial charge in [-0.3, -0.25) is 4.98 Å². The van der Waals surface area contributed by atoms with Crippen LogP contribution in [0.5, 0.6) is 0 Å². The van der Waals surface area contributed by atoms with Gasteiger partial charge in [-0.1, -0.05) is 13.8 Å². The van der Waals surface area contributed by atoms with Gasteiger partial charge in [-0.05, 0) is 12.1 Å². The minimum Gasteiger partial charge on any atom is -0.332 e. The number of aromatic nitrogens is 1. The Balaban J connectivity index is 3.10. The first-order chi connectivity index (χ1) is 6.11. The molecule has 1 aromatic heterocycles. The van der Waals surface area contributed by atoms with E-state index in [2.05, 4.69) is 4.98 Å². The van der Waals surface area contributed by atoms with E-state index >= 15 is 0 Å². The maximum atomic E-state index is 10.8. The number of hydrogen-bond donors (Lipinski definition) is 1. The SMILES string of the molecule is C[C](C)C(O)([S+]=O)c1cccnc1. The Bertz CT molecular complexity index is 289. The summed E-state index contributed by atoms with van der Waals surface area (Å²) in [5.41, 5.74) is 0.523. The molecule has 1 rings (SSSR count). The fourth-order valence-corrected chi connectivity index (χ4v) is 1.37. The molecule has 0 saturated carbocycles. The lowest BCUT2D eigenvalue weighted by atomic mass is 10.00. The summed E-state index contributed by atoms with van der Waals surface area (Å²) in [4.78, 5) is 2.41. The Morgan fingerprint density at radius 1 is 1.62 bits per heavy atom. The van der Waals surface area contributed by atoms with Crippen molar-refractivity contribution in [2.45, 2.75) is 18.8 Å². The lowest BCUT2D eigenvalue weighted by molar-refractivity contribution is 0.148. The first-order valence-corrected chi connectivity index (χ1v) is 4.60. The number of aliphatic hydroxyl groups is 1. The second kappa shape index (κ2) is 3.89. The van der Waals surface area contributed by atoms with E-state index in [1.807, 2.05) is 0 Å². The predicted octanol–water partition coefficient (Wildman–Crippen LogP) is 1.27. The van der Waals surface area contributed by atoms with Crippen LogP contribution in [0.15, 0.2) is 24.5 Å². The highest BCUT2D eigenvalue weighted by molar-refractivity contribution is 7.66. The Hall–Kier alpha value is -0.870. The molecule has 0 aromatic carbocycles. The van der Waals surface area contributed by atoms with Crippen molar-refractivity contribution in [3.05, 3.63) is 36.0 Å². The van der Waals surface area contributed by atoms with Crippen LogP contribution in [0.1, 0.15) is 19.4 Å². The number of pyridine rings is 1. The molecule has 0 amide bonds. The normalized spacial score (nSPS) is 15.4.